The zero-order valence-corrected chi connectivity index (χ0v) is 9.38. The van der Waals surface area contributed by atoms with Gasteiger partial charge in [-0.2, -0.15) is 0 Å². The lowest BCUT2D eigenvalue weighted by molar-refractivity contribution is 0.100. The summed E-state index contributed by atoms with van der Waals surface area (Å²) in [5.41, 5.74) is 6.63. The molecule has 14 heavy (non-hydrogen) atoms. The van der Waals surface area contributed by atoms with E-state index in [1.807, 2.05) is 12.1 Å². The number of hydrogen-bond acceptors (Lipinski definition) is 2. The lowest BCUT2D eigenvalue weighted by Crippen LogP contribution is -2.11. The lowest BCUT2D eigenvalue weighted by atomic mass is 10.2. The molecule has 0 aliphatic heterocycles. The maximum atomic E-state index is 10.9. The molecule has 1 amide bonds. The Morgan fingerprint density at radius 3 is 2.93 bits per heavy atom. The van der Waals surface area contributed by atoms with Gasteiger partial charge in [0.05, 0.1) is 0 Å². The fraction of sp³-hybridized carbons (Fsp3) is 0.300. The van der Waals surface area contributed by atoms with Gasteiger partial charge in [-0.3, -0.25) is 4.79 Å². The van der Waals surface area contributed by atoms with Crippen molar-refractivity contribution in [2.24, 2.45) is 5.73 Å². The van der Waals surface area contributed by atoms with E-state index < -0.39 is 5.91 Å². The average molecular weight is 257 g/mol. The molecule has 0 aromatic heterocycles. The zero-order chi connectivity index (χ0) is 10.4. The number of hydrogen-bond donors (Lipinski definition) is 2. The summed E-state index contributed by atoms with van der Waals surface area (Å²) in [5.74, 6) is -0.394. The van der Waals surface area contributed by atoms with E-state index in [0.29, 0.717) is 5.56 Å². The minimum Gasteiger partial charge on any atom is -0.385 e. The van der Waals surface area contributed by atoms with Crippen molar-refractivity contribution < 1.29 is 4.79 Å². The molecule has 0 aliphatic carbocycles. The van der Waals surface area contributed by atoms with E-state index >= 15 is 0 Å². The van der Waals surface area contributed by atoms with Crippen molar-refractivity contribution in [1.82, 2.24) is 0 Å². The standard InChI is InChI=1S/C10H13BrN2O/c11-5-2-6-13-9-4-1-3-8(7-9)10(12)14/h1,3-4,7,13H,2,5-6H2,(H2,12,14). The van der Waals surface area contributed by atoms with Gasteiger partial charge in [0.1, 0.15) is 0 Å². The molecule has 0 radical (unpaired) electrons. The first kappa shape index (κ1) is 11.0. The van der Waals surface area contributed by atoms with Gasteiger partial charge in [-0.1, -0.05) is 22.0 Å². The fourth-order valence-corrected chi connectivity index (χ4v) is 1.36. The second-order valence-electron chi connectivity index (χ2n) is 2.91. The maximum Gasteiger partial charge on any atom is 0.248 e. The molecule has 1 aromatic rings. The molecule has 0 bridgehead atoms. The Morgan fingerprint density at radius 1 is 1.50 bits per heavy atom. The molecular formula is C10H13BrN2O. The number of nitrogens with one attached hydrogen (secondary N) is 1. The molecule has 3 nitrogen and oxygen atoms in total. The van der Waals surface area contributed by atoms with Crippen molar-refractivity contribution in [2.75, 3.05) is 17.2 Å². The molecule has 4 heteroatoms. The van der Waals surface area contributed by atoms with Crippen LogP contribution in [0.15, 0.2) is 24.3 Å². The van der Waals surface area contributed by atoms with Crippen molar-refractivity contribution in [3.8, 4) is 0 Å². The minimum atomic E-state index is -0.394. The Kier molecular flexibility index (Phi) is 4.46. The summed E-state index contributed by atoms with van der Waals surface area (Å²) in [5, 5.41) is 4.17. The van der Waals surface area contributed by atoms with Gasteiger partial charge >= 0.3 is 0 Å². The number of benzene rings is 1. The van der Waals surface area contributed by atoms with Gasteiger partial charge in [-0.25, -0.2) is 0 Å². The molecule has 0 atom stereocenters. The number of rotatable bonds is 5. The average Bonchev–Trinajstić information content (AvgIpc) is 2.19. The minimum absolute atomic E-state index is 0.394. The maximum absolute atomic E-state index is 10.9. The summed E-state index contributed by atoms with van der Waals surface area (Å²) in [6.07, 6.45) is 1.04. The molecule has 1 aromatic carbocycles. The van der Waals surface area contributed by atoms with Crippen molar-refractivity contribution in [1.29, 1.82) is 0 Å². The number of carbonyl (C=O) groups is 1. The van der Waals surface area contributed by atoms with Crippen LogP contribution in [0.2, 0.25) is 0 Å². The summed E-state index contributed by atoms with van der Waals surface area (Å²) in [6.45, 7) is 0.882. The smallest absolute Gasteiger partial charge is 0.248 e. The first-order valence-corrected chi connectivity index (χ1v) is 5.56. The van der Waals surface area contributed by atoms with Crippen LogP contribution in [0.1, 0.15) is 16.8 Å². The number of carbonyl (C=O) groups excluding carboxylic acids is 1. The Morgan fingerprint density at radius 2 is 2.29 bits per heavy atom. The van der Waals surface area contributed by atoms with Crippen LogP contribution >= 0.6 is 15.9 Å². The van der Waals surface area contributed by atoms with Crippen molar-refractivity contribution in [3.63, 3.8) is 0 Å². The third-order valence-corrected chi connectivity index (χ3v) is 2.35. The highest BCUT2D eigenvalue weighted by molar-refractivity contribution is 9.09. The Bertz CT molecular complexity index is 315. The quantitative estimate of drug-likeness (QED) is 0.626. The van der Waals surface area contributed by atoms with E-state index in [-0.39, 0.29) is 0 Å². The summed E-state index contributed by atoms with van der Waals surface area (Å²) in [6, 6.07) is 7.20. The number of primary amides is 1. The SMILES string of the molecule is NC(=O)c1cccc(NCCCBr)c1. The van der Waals surface area contributed by atoms with Crippen LogP contribution < -0.4 is 11.1 Å². The largest absolute Gasteiger partial charge is 0.385 e. The summed E-state index contributed by atoms with van der Waals surface area (Å²) in [7, 11) is 0. The van der Waals surface area contributed by atoms with Crippen molar-refractivity contribution in [3.05, 3.63) is 29.8 Å². The van der Waals surface area contributed by atoms with Gasteiger partial charge in [0.25, 0.3) is 0 Å². The number of halogens is 1. The van der Waals surface area contributed by atoms with Gasteiger partial charge < -0.3 is 11.1 Å². The lowest BCUT2D eigenvalue weighted by Gasteiger charge is -2.05. The van der Waals surface area contributed by atoms with Crippen molar-refractivity contribution in [2.45, 2.75) is 6.42 Å². The molecule has 76 valence electrons. The Hall–Kier alpha value is -1.03. The molecule has 3 N–H and O–H groups in total. The highest BCUT2D eigenvalue weighted by Crippen LogP contribution is 2.09. The molecule has 0 saturated carbocycles. The molecule has 0 unspecified atom stereocenters. The predicted molar refractivity (Wildman–Crippen MR) is 61.9 cm³/mol. The second-order valence-corrected chi connectivity index (χ2v) is 3.71. The van der Waals surface area contributed by atoms with Crippen LogP contribution in [-0.2, 0) is 0 Å². The monoisotopic (exact) mass is 256 g/mol. The number of amides is 1. The van der Waals surface area contributed by atoms with Crippen LogP contribution in [0.4, 0.5) is 5.69 Å². The second kappa shape index (κ2) is 5.65. The molecule has 1 rings (SSSR count). The third kappa shape index (κ3) is 3.38. The van der Waals surface area contributed by atoms with Crippen molar-refractivity contribution >= 4 is 27.5 Å². The van der Waals surface area contributed by atoms with Gasteiger partial charge in [-0.15, -0.1) is 0 Å². The van der Waals surface area contributed by atoms with Crippen LogP contribution in [0.25, 0.3) is 0 Å². The van der Waals surface area contributed by atoms with Gasteiger partial charge in [-0.05, 0) is 24.6 Å². The molecule has 0 fully saturated rings. The summed E-state index contributed by atoms with van der Waals surface area (Å²) >= 11 is 3.35. The molecule has 0 saturated heterocycles. The highest BCUT2D eigenvalue weighted by atomic mass is 79.9. The number of anilines is 1. The number of nitrogens with two attached hydrogens (primary N) is 1. The van der Waals surface area contributed by atoms with E-state index in [2.05, 4.69) is 21.2 Å². The molecular weight excluding hydrogens is 244 g/mol. The van der Waals surface area contributed by atoms with Crippen LogP contribution in [0.5, 0.6) is 0 Å². The van der Waals surface area contributed by atoms with E-state index in [9.17, 15) is 4.79 Å². The number of alkyl halides is 1. The van der Waals surface area contributed by atoms with Crippen LogP contribution in [0, 0.1) is 0 Å². The predicted octanol–water partition coefficient (Wildman–Crippen LogP) is 1.98. The first-order chi connectivity index (χ1) is 6.74. The van der Waals surface area contributed by atoms with E-state index in [4.69, 9.17) is 5.73 Å². The Balaban J connectivity index is 2.59. The highest BCUT2D eigenvalue weighted by Gasteiger charge is 1.99. The van der Waals surface area contributed by atoms with Gasteiger partial charge in [0, 0.05) is 23.1 Å². The van der Waals surface area contributed by atoms with E-state index in [0.717, 1.165) is 24.0 Å². The van der Waals surface area contributed by atoms with Crippen LogP contribution in [-0.4, -0.2) is 17.8 Å². The molecule has 0 spiro atoms. The van der Waals surface area contributed by atoms with Crippen LogP contribution in [0.3, 0.4) is 0 Å². The topological polar surface area (TPSA) is 55.1 Å². The fourth-order valence-electron chi connectivity index (χ4n) is 1.08. The van der Waals surface area contributed by atoms with Gasteiger partial charge in [0.15, 0.2) is 0 Å². The zero-order valence-electron chi connectivity index (χ0n) is 7.79. The Labute approximate surface area is 91.8 Å². The van der Waals surface area contributed by atoms with E-state index in [1.54, 1.807) is 12.1 Å². The van der Waals surface area contributed by atoms with E-state index in [1.165, 1.54) is 0 Å². The van der Waals surface area contributed by atoms with Gasteiger partial charge in [0.2, 0.25) is 5.91 Å². The normalized spacial score (nSPS) is 9.79. The molecule has 0 heterocycles. The first-order valence-electron chi connectivity index (χ1n) is 4.43. The summed E-state index contributed by atoms with van der Waals surface area (Å²) in [4.78, 5) is 10.9. The molecule has 0 aliphatic rings. The summed E-state index contributed by atoms with van der Waals surface area (Å²) < 4.78 is 0. The third-order valence-electron chi connectivity index (χ3n) is 1.79.